The Morgan fingerprint density at radius 3 is 2.76 bits per heavy atom. The smallest absolute Gasteiger partial charge is 0.264 e. The lowest BCUT2D eigenvalue weighted by molar-refractivity contribution is 0.0739. The third kappa shape index (κ3) is 3.36. The molecule has 3 aromatic rings. The first kappa shape index (κ1) is 16.1. The topological polar surface area (TPSA) is 49.4 Å². The predicted octanol–water partition coefficient (Wildman–Crippen LogP) is 4.26. The number of fused-ring (bicyclic) bond motifs is 1. The predicted molar refractivity (Wildman–Crippen MR) is 101 cm³/mol. The Hall–Kier alpha value is -2.44. The van der Waals surface area contributed by atoms with Crippen molar-refractivity contribution in [1.29, 1.82) is 0 Å². The quantitative estimate of drug-likeness (QED) is 0.751. The van der Waals surface area contributed by atoms with Crippen LogP contribution in [0.1, 0.15) is 31.2 Å². The first-order valence-corrected chi connectivity index (χ1v) is 9.81. The average Bonchev–Trinajstić information content (AvgIpc) is 3.34. The van der Waals surface area contributed by atoms with Gasteiger partial charge in [-0.05, 0) is 52.6 Å². The molecule has 0 aliphatic carbocycles. The molecule has 6 heteroatoms. The second-order valence-corrected chi connectivity index (χ2v) is 7.63. The highest BCUT2D eigenvalue weighted by Gasteiger charge is 2.22. The van der Waals surface area contributed by atoms with E-state index in [1.807, 2.05) is 51.4 Å². The number of carbonyl (C=O) groups excluding carboxylic acids is 2. The van der Waals surface area contributed by atoms with Crippen LogP contribution in [0.2, 0.25) is 0 Å². The van der Waals surface area contributed by atoms with Crippen LogP contribution < -0.4 is 5.32 Å². The third-order valence-corrected chi connectivity index (χ3v) is 5.82. The third-order valence-electron chi connectivity index (χ3n) is 4.28. The van der Waals surface area contributed by atoms with Crippen molar-refractivity contribution >= 4 is 40.2 Å². The molecule has 2 amide bonds. The van der Waals surface area contributed by atoms with Gasteiger partial charge in [0.1, 0.15) is 0 Å². The van der Waals surface area contributed by atoms with E-state index in [1.54, 1.807) is 6.07 Å². The second kappa shape index (κ2) is 6.82. The summed E-state index contributed by atoms with van der Waals surface area (Å²) >= 11 is 2.97. The molecule has 0 saturated carbocycles. The zero-order chi connectivity index (χ0) is 17.2. The maximum atomic E-state index is 12.6. The molecule has 1 aliphatic heterocycles. The molecule has 0 saturated heterocycles. The van der Waals surface area contributed by atoms with Gasteiger partial charge in [0.15, 0.2) is 0 Å². The SMILES string of the molecule is O=C(Nc1ccc2c(c1)CN(C(=O)c1cccs1)CC2)c1ccsc1. The van der Waals surface area contributed by atoms with Crippen LogP contribution in [0.25, 0.3) is 0 Å². The number of carbonyl (C=O) groups is 2. The minimum Gasteiger partial charge on any atom is -0.333 e. The van der Waals surface area contributed by atoms with Gasteiger partial charge >= 0.3 is 0 Å². The van der Waals surface area contributed by atoms with E-state index >= 15 is 0 Å². The van der Waals surface area contributed by atoms with Crippen LogP contribution in [-0.4, -0.2) is 23.3 Å². The standard InChI is InChI=1S/C19H16N2O2S2/c22-18(14-6-9-24-12-14)20-16-4-3-13-5-7-21(11-15(13)10-16)19(23)17-2-1-8-25-17/h1-4,6,8-10,12H,5,7,11H2,(H,20,22). The number of rotatable bonds is 3. The number of hydrogen-bond donors (Lipinski definition) is 1. The van der Waals surface area contributed by atoms with E-state index in [9.17, 15) is 9.59 Å². The van der Waals surface area contributed by atoms with Crippen LogP contribution in [0.15, 0.2) is 52.5 Å². The van der Waals surface area contributed by atoms with Crippen LogP contribution in [0.3, 0.4) is 0 Å². The number of nitrogens with zero attached hydrogens (tertiary/aromatic N) is 1. The average molecular weight is 368 g/mol. The summed E-state index contributed by atoms with van der Waals surface area (Å²) in [7, 11) is 0. The van der Waals surface area contributed by atoms with Gasteiger partial charge in [0.05, 0.1) is 10.4 Å². The molecular weight excluding hydrogens is 352 g/mol. The minimum atomic E-state index is -0.108. The number of hydrogen-bond acceptors (Lipinski definition) is 4. The number of amides is 2. The molecule has 0 bridgehead atoms. The molecular formula is C19H16N2O2S2. The molecule has 4 nitrogen and oxygen atoms in total. The highest BCUT2D eigenvalue weighted by Crippen LogP contribution is 2.25. The van der Waals surface area contributed by atoms with Gasteiger partial charge < -0.3 is 10.2 Å². The lowest BCUT2D eigenvalue weighted by Gasteiger charge is -2.29. The van der Waals surface area contributed by atoms with Crippen molar-refractivity contribution in [3.05, 3.63) is 74.1 Å². The van der Waals surface area contributed by atoms with Gasteiger partial charge in [-0.15, -0.1) is 11.3 Å². The van der Waals surface area contributed by atoms with Crippen molar-refractivity contribution in [2.75, 3.05) is 11.9 Å². The molecule has 1 aliphatic rings. The molecule has 0 atom stereocenters. The van der Waals surface area contributed by atoms with Crippen LogP contribution in [0.5, 0.6) is 0 Å². The van der Waals surface area contributed by atoms with Gasteiger partial charge in [0, 0.05) is 24.2 Å². The molecule has 0 spiro atoms. The zero-order valence-electron chi connectivity index (χ0n) is 13.4. The van der Waals surface area contributed by atoms with Crippen LogP contribution >= 0.6 is 22.7 Å². The van der Waals surface area contributed by atoms with Gasteiger partial charge in [0.25, 0.3) is 11.8 Å². The Morgan fingerprint density at radius 1 is 1.08 bits per heavy atom. The second-order valence-electron chi connectivity index (χ2n) is 5.90. The minimum absolute atomic E-state index is 0.0772. The first-order valence-electron chi connectivity index (χ1n) is 7.99. The fourth-order valence-corrected chi connectivity index (χ4v) is 4.29. The molecule has 1 N–H and O–H groups in total. The summed E-state index contributed by atoms with van der Waals surface area (Å²) in [5, 5.41) is 8.57. The Bertz CT molecular complexity index is 902. The van der Waals surface area contributed by atoms with E-state index < -0.39 is 0 Å². The largest absolute Gasteiger partial charge is 0.333 e. The molecule has 4 rings (SSSR count). The van der Waals surface area contributed by atoms with Gasteiger partial charge in [-0.25, -0.2) is 0 Å². The van der Waals surface area contributed by atoms with Crippen molar-refractivity contribution in [3.63, 3.8) is 0 Å². The Balaban J connectivity index is 1.51. The normalized spacial score (nSPS) is 13.4. The molecule has 0 fully saturated rings. The summed E-state index contributed by atoms with van der Waals surface area (Å²) < 4.78 is 0. The number of thiophene rings is 2. The fraction of sp³-hybridized carbons (Fsp3) is 0.158. The molecule has 2 aromatic heterocycles. The summed E-state index contributed by atoms with van der Waals surface area (Å²) in [5.74, 6) is -0.0307. The van der Waals surface area contributed by atoms with E-state index in [0.717, 1.165) is 29.1 Å². The van der Waals surface area contributed by atoms with Crippen LogP contribution in [0, 0.1) is 0 Å². The van der Waals surface area contributed by atoms with E-state index in [1.165, 1.54) is 28.2 Å². The van der Waals surface area contributed by atoms with E-state index in [4.69, 9.17) is 0 Å². The fourth-order valence-electron chi connectivity index (χ4n) is 2.96. The molecule has 1 aromatic carbocycles. The lowest BCUT2D eigenvalue weighted by atomic mass is 9.99. The van der Waals surface area contributed by atoms with E-state index in [2.05, 4.69) is 5.32 Å². The first-order chi connectivity index (χ1) is 12.2. The van der Waals surface area contributed by atoms with E-state index in [0.29, 0.717) is 12.1 Å². The summed E-state index contributed by atoms with van der Waals surface area (Å²) in [6, 6.07) is 11.5. The molecule has 3 heterocycles. The summed E-state index contributed by atoms with van der Waals surface area (Å²) in [5.41, 5.74) is 3.76. The highest BCUT2D eigenvalue weighted by atomic mass is 32.1. The molecule has 25 heavy (non-hydrogen) atoms. The molecule has 0 unspecified atom stereocenters. The van der Waals surface area contributed by atoms with Gasteiger partial charge in [0.2, 0.25) is 0 Å². The lowest BCUT2D eigenvalue weighted by Crippen LogP contribution is -2.35. The van der Waals surface area contributed by atoms with Gasteiger partial charge in [-0.2, -0.15) is 11.3 Å². The van der Waals surface area contributed by atoms with Gasteiger partial charge in [-0.1, -0.05) is 12.1 Å². The highest BCUT2D eigenvalue weighted by molar-refractivity contribution is 7.12. The molecule has 0 radical (unpaired) electrons. The van der Waals surface area contributed by atoms with Crippen molar-refractivity contribution < 1.29 is 9.59 Å². The van der Waals surface area contributed by atoms with Crippen molar-refractivity contribution in [1.82, 2.24) is 4.90 Å². The number of anilines is 1. The van der Waals surface area contributed by atoms with Crippen LogP contribution in [-0.2, 0) is 13.0 Å². The maximum Gasteiger partial charge on any atom is 0.264 e. The Kier molecular flexibility index (Phi) is 4.38. The Morgan fingerprint density at radius 2 is 2.00 bits per heavy atom. The zero-order valence-corrected chi connectivity index (χ0v) is 15.0. The molecule has 126 valence electrons. The van der Waals surface area contributed by atoms with Gasteiger partial charge in [-0.3, -0.25) is 9.59 Å². The van der Waals surface area contributed by atoms with Crippen molar-refractivity contribution in [2.45, 2.75) is 13.0 Å². The summed E-state index contributed by atoms with van der Waals surface area (Å²) in [4.78, 5) is 27.4. The van der Waals surface area contributed by atoms with Crippen molar-refractivity contribution in [2.24, 2.45) is 0 Å². The number of benzene rings is 1. The maximum absolute atomic E-state index is 12.6. The number of nitrogens with one attached hydrogen (secondary N) is 1. The summed E-state index contributed by atoms with van der Waals surface area (Å²) in [6.45, 7) is 1.30. The Labute approximate surface area is 153 Å². The van der Waals surface area contributed by atoms with Crippen molar-refractivity contribution in [3.8, 4) is 0 Å². The van der Waals surface area contributed by atoms with Crippen LogP contribution in [0.4, 0.5) is 5.69 Å². The van der Waals surface area contributed by atoms with E-state index in [-0.39, 0.29) is 11.8 Å². The monoisotopic (exact) mass is 368 g/mol. The summed E-state index contributed by atoms with van der Waals surface area (Å²) in [6.07, 6.45) is 0.838.